The number of benzene rings is 2. The summed E-state index contributed by atoms with van der Waals surface area (Å²) in [5.41, 5.74) is 0.456. The number of ketones is 1. The molecule has 2 aromatic carbocycles. The van der Waals surface area contributed by atoms with Gasteiger partial charge in [-0.2, -0.15) is 0 Å². The third-order valence-electron chi connectivity index (χ3n) is 2.81. The van der Waals surface area contributed by atoms with Crippen molar-refractivity contribution in [3.63, 3.8) is 0 Å². The molecule has 0 aliphatic heterocycles. The molecule has 0 aliphatic rings. The molecule has 6 heteroatoms. The zero-order chi connectivity index (χ0) is 15.2. The molecule has 0 atom stereocenters. The Morgan fingerprint density at radius 2 is 1.86 bits per heavy atom. The Morgan fingerprint density at radius 1 is 1.14 bits per heavy atom. The monoisotopic (exact) mass is 287 g/mol. The van der Waals surface area contributed by atoms with Crippen LogP contribution in [0.3, 0.4) is 0 Å². The largest absolute Gasteiger partial charge is 0.497 e. The van der Waals surface area contributed by atoms with Crippen LogP contribution in [0.15, 0.2) is 48.5 Å². The molecule has 2 aromatic rings. The molecule has 0 fully saturated rings. The zero-order valence-electron chi connectivity index (χ0n) is 11.3. The quantitative estimate of drug-likeness (QED) is 0.463. The summed E-state index contributed by atoms with van der Waals surface area (Å²) in [6, 6.07) is 12.3. The molecule has 0 N–H and O–H groups in total. The third-order valence-corrected chi connectivity index (χ3v) is 2.81. The van der Waals surface area contributed by atoms with Gasteiger partial charge in [0.1, 0.15) is 11.5 Å². The number of nitro benzene ring substituents is 1. The first kappa shape index (κ1) is 14.5. The van der Waals surface area contributed by atoms with Gasteiger partial charge in [0.2, 0.25) is 0 Å². The number of hydrogen-bond acceptors (Lipinski definition) is 5. The van der Waals surface area contributed by atoms with E-state index in [9.17, 15) is 14.9 Å². The molecule has 6 nitrogen and oxygen atoms in total. The highest BCUT2D eigenvalue weighted by molar-refractivity contribution is 5.97. The van der Waals surface area contributed by atoms with Gasteiger partial charge in [-0.15, -0.1) is 0 Å². The van der Waals surface area contributed by atoms with Crippen LogP contribution in [-0.2, 0) is 0 Å². The van der Waals surface area contributed by atoms with Crippen LogP contribution in [0.4, 0.5) is 5.69 Å². The second kappa shape index (κ2) is 6.51. The maximum absolute atomic E-state index is 12.0. The van der Waals surface area contributed by atoms with Crippen LogP contribution in [0.1, 0.15) is 10.4 Å². The van der Waals surface area contributed by atoms with Crippen molar-refractivity contribution in [2.24, 2.45) is 0 Å². The van der Waals surface area contributed by atoms with Crippen LogP contribution < -0.4 is 9.47 Å². The SMILES string of the molecule is COc1cccc(C(=O)COc2ccc([N+](=O)[O-])cc2)c1. The van der Waals surface area contributed by atoms with Crippen LogP contribution in [0.25, 0.3) is 0 Å². The van der Waals surface area contributed by atoms with Crippen molar-refractivity contribution in [3.8, 4) is 11.5 Å². The van der Waals surface area contributed by atoms with Crippen molar-refractivity contribution in [3.05, 3.63) is 64.2 Å². The number of ether oxygens (including phenoxy) is 2. The number of hydrogen-bond donors (Lipinski definition) is 0. The number of nitro groups is 1. The van der Waals surface area contributed by atoms with E-state index in [0.29, 0.717) is 17.1 Å². The van der Waals surface area contributed by atoms with Crippen molar-refractivity contribution in [2.75, 3.05) is 13.7 Å². The number of nitrogens with zero attached hydrogens (tertiary/aromatic N) is 1. The number of carbonyl (C=O) groups excluding carboxylic acids is 1. The molecule has 0 heterocycles. The average Bonchev–Trinajstić information content (AvgIpc) is 2.53. The minimum Gasteiger partial charge on any atom is -0.497 e. The molecule has 0 unspecified atom stereocenters. The summed E-state index contributed by atoms with van der Waals surface area (Å²) in [6.07, 6.45) is 0. The van der Waals surface area contributed by atoms with Gasteiger partial charge in [0.05, 0.1) is 12.0 Å². The molecule has 21 heavy (non-hydrogen) atoms. The highest BCUT2D eigenvalue weighted by Gasteiger charge is 2.09. The third kappa shape index (κ3) is 3.79. The van der Waals surface area contributed by atoms with Crippen molar-refractivity contribution < 1.29 is 19.2 Å². The Kier molecular flexibility index (Phi) is 4.50. The van der Waals surface area contributed by atoms with Gasteiger partial charge in [0.25, 0.3) is 5.69 Å². The van der Waals surface area contributed by atoms with Crippen LogP contribution in [-0.4, -0.2) is 24.4 Å². The molecule has 0 saturated heterocycles. The molecule has 0 bridgehead atoms. The predicted molar refractivity (Wildman–Crippen MR) is 75.9 cm³/mol. The Bertz CT molecular complexity index is 651. The Hall–Kier alpha value is -2.89. The van der Waals surface area contributed by atoms with Crippen LogP contribution in [0.5, 0.6) is 11.5 Å². The van der Waals surface area contributed by atoms with Crippen LogP contribution in [0.2, 0.25) is 0 Å². The van der Waals surface area contributed by atoms with E-state index < -0.39 is 4.92 Å². The van der Waals surface area contributed by atoms with E-state index >= 15 is 0 Å². The van der Waals surface area contributed by atoms with E-state index in [4.69, 9.17) is 9.47 Å². The number of rotatable bonds is 6. The van der Waals surface area contributed by atoms with E-state index in [1.165, 1.54) is 31.4 Å². The van der Waals surface area contributed by atoms with Gasteiger partial charge in [-0.1, -0.05) is 12.1 Å². The van der Waals surface area contributed by atoms with Crippen molar-refractivity contribution >= 4 is 11.5 Å². The smallest absolute Gasteiger partial charge is 0.269 e. The summed E-state index contributed by atoms with van der Waals surface area (Å²) < 4.78 is 10.4. The lowest BCUT2D eigenvalue weighted by Gasteiger charge is -2.06. The number of Topliss-reactive ketones (excluding diaryl/α,β-unsaturated/α-hetero) is 1. The molecule has 0 aliphatic carbocycles. The predicted octanol–water partition coefficient (Wildman–Crippen LogP) is 2.87. The van der Waals surface area contributed by atoms with E-state index in [2.05, 4.69) is 0 Å². The Balaban J connectivity index is 1.98. The van der Waals surface area contributed by atoms with Gasteiger partial charge in [0, 0.05) is 17.7 Å². The van der Waals surface area contributed by atoms with Crippen LogP contribution in [0, 0.1) is 10.1 Å². The van der Waals surface area contributed by atoms with Gasteiger partial charge >= 0.3 is 0 Å². The summed E-state index contributed by atoms with van der Waals surface area (Å²) in [5, 5.41) is 10.5. The summed E-state index contributed by atoms with van der Waals surface area (Å²) in [4.78, 5) is 22.0. The first-order valence-electron chi connectivity index (χ1n) is 6.14. The van der Waals surface area contributed by atoms with Crippen molar-refractivity contribution in [1.82, 2.24) is 0 Å². The summed E-state index contributed by atoms with van der Waals surface area (Å²) in [6.45, 7) is -0.148. The summed E-state index contributed by atoms with van der Waals surface area (Å²) >= 11 is 0. The number of non-ortho nitro benzene ring substituents is 1. The van der Waals surface area contributed by atoms with Crippen molar-refractivity contribution in [2.45, 2.75) is 0 Å². The second-order valence-electron chi connectivity index (χ2n) is 4.19. The fourth-order valence-electron chi connectivity index (χ4n) is 1.69. The van der Waals surface area contributed by atoms with Gasteiger partial charge in [-0.3, -0.25) is 14.9 Å². The van der Waals surface area contributed by atoms with Gasteiger partial charge in [0.15, 0.2) is 12.4 Å². The summed E-state index contributed by atoms with van der Waals surface area (Å²) in [5.74, 6) is 0.792. The lowest BCUT2D eigenvalue weighted by molar-refractivity contribution is -0.384. The zero-order valence-corrected chi connectivity index (χ0v) is 11.3. The second-order valence-corrected chi connectivity index (χ2v) is 4.19. The van der Waals surface area contributed by atoms with Gasteiger partial charge in [-0.05, 0) is 24.3 Å². The van der Waals surface area contributed by atoms with Crippen molar-refractivity contribution in [1.29, 1.82) is 0 Å². The molecule has 0 amide bonds. The standard InChI is InChI=1S/C15H13NO5/c1-20-14-4-2-3-11(9-14)15(17)10-21-13-7-5-12(6-8-13)16(18)19/h2-9H,10H2,1H3. The lowest BCUT2D eigenvalue weighted by Crippen LogP contribution is -2.11. The van der Waals surface area contributed by atoms with Crippen LogP contribution >= 0.6 is 0 Å². The Morgan fingerprint density at radius 3 is 2.48 bits per heavy atom. The maximum atomic E-state index is 12.0. The molecule has 0 saturated carbocycles. The highest BCUT2D eigenvalue weighted by Crippen LogP contribution is 2.18. The molecule has 2 rings (SSSR count). The minimum absolute atomic E-state index is 0.0264. The lowest BCUT2D eigenvalue weighted by atomic mass is 10.1. The fourth-order valence-corrected chi connectivity index (χ4v) is 1.69. The molecule has 0 aromatic heterocycles. The Labute approximate surface area is 121 Å². The van der Waals surface area contributed by atoms with E-state index in [-0.39, 0.29) is 18.1 Å². The molecule has 0 radical (unpaired) electrons. The summed E-state index contributed by atoms with van der Waals surface area (Å²) in [7, 11) is 1.52. The fraction of sp³-hybridized carbons (Fsp3) is 0.133. The van der Waals surface area contributed by atoms with Gasteiger partial charge in [-0.25, -0.2) is 0 Å². The number of carbonyl (C=O) groups is 1. The van der Waals surface area contributed by atoms with Gasteiger partial charge < -0.3 is 9.47 Å². The molecular weight excluding hydrogens is 274 g/mol. The minimum atomic E-state index is -0.495. The topological polar surface area (TPSA) is 78.7 Å². The average molecular weight is 287 g/mol. The van der Waals surface area contributed by atoms with E-state index in [1.807, 2.05) is 0 Å². The van der Waals surface area contributed by atoms with E-state index in [0.717, 1.165) is 0 Å². The van der Waals surface area contributed by atoms with E-state index in [1.54, 1.807) is 24.3 Å². The first-order chi connectivity index (χ1) is 10.1. The molecular formula is C15H13NO5. The molecule has 0 spiro atoms. The number of methoxy groups -OCH3 is 1. The highest BCUT2D eigenvalue weighted by atomic mass is 16.6. The molecule has 108 valence electrons. The normalized spacial score (nSPS) is 9.95. The first-order valence-corrected chi connectivity index (χ1v) is 6.14. The maximum Gasteiger partial charge on any atom is 0.269 e.